The summed E-state index contributed by atoms with van der Waals surface area (Å²) in [5.41, 5.74) is 4.81. The maximum atomic E-state index is 13.6. The van der Waals surface area contributed by atoms with Crippen molar-refractivity contribution in [2.45, 2.75) is 38.6 Å². The van der Waals surface area contributed by atoms with Gasteiger partial charge in [-0.1, -0.05) is 24.3 Å². The van der Waals surface area contributed by atoms with E-state index in [0.717, 1.165) is 32.9 Å². The molecule has 0 saturated heterocycles. The van der Waals surface area contributed by atoms with Crippen LogP contribution < -0.4 is 9.04 Å². The number of ether oxygens (including phenoxy) is 1. The number of anilines is 1. The zero-order valence-electron chi connectivity index (χ0n) is 17.9. The van der Waals surface area contributed by atoms with Gasteiger partial charge in [0.1, 0.15) is 5.75 Å². The molecule has 0 unspecified atom stereocenters. The molecule has 0 aliphatic heterocycles. The average molecular weight is 423 g/mol. The van der Waals surface area contributed by atoms with Gasteiger partial charge in [-0.15, -0.1) is 0 Å². The first-order valence-electron chi connectivity index (χ1n) is 9.94. The highest BCUT2D eigenvalue weighted by atomic mass is 32.2. The zero-order valence-corrected chi connectivity index (χ0v) is 18.7. The van der Waals surface area contributed by atoms with Crippen molar-refractivity contribution in [2.24, 2.45) is 0 Å². The first kappa shape index (κ1) is 20.3. The number of methoxy groups -OCH3 is 1. The molecule has 5 nitrogen and oxygen atoms in total. The summed E-state index contributed by atoms with van der Waals surface area (Å²) in [6.45, 7) is 7.92. The summed E-state index contributed by atoms with van der Waals surface area (Å²) in [5, 5.41) is 2.16. The molecule has 6 heteroatoms. The number of fused-ring (bicyclic) bond motifs is 3. The van der Waals surface area contributed by atoms with Crippen molar-refractivity contribution in [1.82, 2.24) is 4.98 Å². The molecule has 3 aromatic carbocycles. The van der Waals surface area contributed by atoms with Gasteiger partial charge in [-0.25, -0.2) is 8.42 Å². The minimum Gasteiger partial charge on any atom is -0.497 e. The number of aromatic nitrogens is 1. The third kappa shape index (κ3) is 3.12. The Kier molecular flexibility index (Phi) is 4.98. The summed E-state index contributed by atoms with van der Waals surface area (Å²) in [6, 6.07) is 16.3. The van der Waals surface area contributed by atoms with E-state index in [4.69, 9.17) is 4.74 Å². The number of sulfonamides is 1. The predicted molar refractivity (Wildman–Crippen MR) is 123 cm³/mol. The Labute approximate surface area is 177 Å². The van der Waals surface area contributed by atoms with Crippen LogP contribution in [0.2, 0.25) is 0 Å². The van der Waals surface area contributed by atoms with Gasteiger partial charge in [0.25, 0.3) is 10.0 Å². The second-order valence-electron chi connectivity index (χ2n) is 7.84. The van der Waals surface area contributed by atoms with Crippen LogP contribution in [-0.2, 0) is 10.0 Å². The lowest BCUT2D eigenvalue weighted by molar-refractivity contribution is 0.414. The molecule has 156 valence electrons. The van der Waals surface area contributed by atoms with Crippen molar-refractivity contribution >= 4 is 37.5 Å². The molecule has 0 fully saturated rings. The van der Waals surface area contributed by atoms with E-state index in [0.29, 0.717) is 11.4 Å². The van der Waals surface area contributed by atoms with Gasteiger partial charge in [0.05, 0.1) is 23.2 Å². The molecule has 0 aliphatic rings. The number of nitrogens with zero attached hydrogens (tertiary/aromatic N) is 1. The summed E-state index contributed by atoms with van der Waals surface area (Å²) in [4.78, 5) is 3.74. The highest BCUT2D eigenvalue weighted by molar-refractivity contribution is 7.92. The smallest absolute Gasteiger partial charge is 0.264 e. The number of hydrogen-bond donors (Lipinski definition) is 1. The molecule has 0 aliphatic carbocycles. The monoisotopic (exact) mass is 422 g/mol. The third-order valence-corrected chi connectivity index (χ3v) is 7.51. The van der Waals surface area contributed by atoms with Crippen LogP contribution in [0.4, 0.5) is 5.69 Å². The minimum absolute atomic E-state index is 0.234. The Morgan fingerprint density at radius 1 is 0.900 bits per heavy atom. The van der Waals surface area contributed by atoms with Gasteiger partial charge in [0.15, 0.2) is 0 Å². The largest absolute Gasteiger partial charge is 0.497 e. The van der Waals surface area contributed by atoms with Gasteiger partial charge in [-0.05, 0) is 69.2 Å². The molecule has 1 N–H and O–H groups in total. The van der Waals surface area contributed by atoms with E-state index in [1.807, 2.05) is 32.0 Å². The summed E-state index contributed by atoms with van der Waals surface area (Å²) in [6.07, 6.45) is 0. The van der Waals surface area contributed by atoms with Gasteiger partial charge in [0.2, 0.25) is 0 Å². The van der Waals surface area contributed by atoms with E-state index < -0.39 is 10.0 Å². The molecule has 0 atom stereocenters. The molecule has 0 radical (unpaired) electrons. The summed E-state index contributed by atoms with van der Waals surface area (Å²) in [5.74, 6) is 0.619. The van der Waals surface area contributed by atoms with Gasteiger partial charge >= 0.3 is 0 Å². The van der Waals surface area contributed by atoms with Crippen molar-refractivity contribution in [3.8, 4) is 5.75 Å². The van der Waals surface area contributed by atoms with Crippen molar-refractivity contribution < 1.29 is 13.2 Å². The Hall–Kier alpha value is -2.99. The fourth-order valence-electron chi connectivity index (χ4n) is 4.05. The van der Waals surface area contributed by atoms with Crippen LogP contribution >= 0.6 is 0 Å². The maximum Gasteiger partial charge on any atom is 0.264 e. The molecule has 0 spiro atoms. The standard InChI is InChI=1S/C24H26N2O3S/c1-15(2)26(30(27,28)19-13-11-18(29-5)12-14-19)21-8-6-7-20-22-16(3)9-10-17(4)23(22)25-24(20)21/h6-15,25H,1-5H3. The van der Waals surface area contributed by atoms with Gasteiger partial charge < -0.3 is 9.72 Å². The lowest BCUT2D eigenvalue weighted by Crippen LogP contribution is -2.37. The quantitative estimate of drug-likeness (QED) is 0.459. The van der Waals surface area contributed by atoms with Crippen LogP contribution in [0.5, 0.6) is 5.75 Å². The Morgan fingerprint density at radius 2 is 1.57 bits per heavy atom. The van der Waals surface area contributed by atoms with Crippen molar-refractivity contribution in [2.75, 3.05) is 11.4 Å². The Bertz CT molecular complexity index is 1340. The molecule has 0 bridgehead atoms. The van der Waals surface area contributed by atoms with E-state index in [1.54, 1.807) is 31.4 Å². The van der Waals surface area contributed by atoms with E-state index in [2.05, 4.69) is 31.0 Å². The van der Waals surface area contributed by atoms with Crippen molar-refractivity contribution in [3.05, 3.63) is 65.7 Å². The number of rotatable bonds is 5. The van der Waals surface area contributed by atoms with Gasteiger partial charge in [-0.3, -0.25) is 4.31 Å². The molecular weight excluding hydrogens is 396 g/mol. The number of nitrogens with one attached hydrogen (secondary N) is 1. The fourth-order valence-corrected chi connectivity index (χ4v) is 5.73. The van der Waals surface area contributed by atoms with Crippen LogP contribution in [0, 0.1) is 13.8 Å². The SMILES string of the molecule is COc1ccc(S(=O)(=O)N(c2cccc3c2[nH]c2c(C)ccc(C)c23)C(C)C)cc1. The Morgan fingerprint density at radius 3 is 2.20 bits per heavy atom. The lowest BCUT2D eigenvalue weighted by atomic mass is 10.0. The van der Waals surface area contributed by atoms with Crippen LogP contribution in [0.3, 0.4) is 0 Å². The lowest BCUT2D eigenvalue weighted by Gasteiger charge is -2.28. The van der Waals surface area contributed by atoms with E-state index in [-0.39, 0.29) is 10.9 Å². The number of benzene rings is 3. The van der Waals surface area contributed by atoms with E-state index in [1.165, 1.54) is 4.31 Å². The van der Waals surface area contributed by atoms with Crippen LogP contribution in [-0.4, -0.2) is 26.6 Å². The highest BCUT2D eigenvalue weighted by Crippen LogP contribution is 2.38. The molecule has 1 heterocycles. The molecule has 0 saturated carbocycles. The number of aryl methyl sites for hydroxylation is 2. The molecule has 4 rings (SSSR count). The summed E-state index contributed by atoms with van der Waals surface area (Å²) < 4.78 is 33.9. The van der Waals surface area contributed by atoms with Crippen molar-refractivity contribution in [3.63, 3.8) is 0 Å². The fraction of sp³-hybridized carbons (Fsp3) is 0.250. The number of aromatic amines is 1. The van der Waals surface area contributed by atoms with Crippen LogP contribution in [0.25, 0.3) is 21.8 Å². The van der Waals surface area contributed by atoms with Crippen molar-refractivity contribution in [1.29, 1.82) is 0 Å². The highest BCUT2D eigenvalue weighted by Gasteiger charge is 2.29. The molecule has 4 aromatic rings. The molecule has 30 heavy (non-hydrogen) atoms. The first-order valence-corrected chi connectivity index (χ1v) is 11.4. The second kappa shape index (κ2) is 7.36. The predicted octanol–water partition coefficient (Wildman–Crippen LogP) is 5.55. The maximum absolute atomic E-state index is 13.6. The number of para-hydroxylation sites is 1. The first-order chi connectivity index (χ1) is 14.3. The second-order valence-corrected chi connectivity index (χ2v) is 9.66. The van der Waals surface area contributed by atoms with Gasteiger partial charge in [0, 0.05) is 22.3 Å². The van der Waals surface area contributed by atoms with E-state index in [9.17, 15) is 8.42 Å². The molecule has 1 aromatic heterocycles. The number of H-pyrrole nitrogens is 1. The van der Waals surface area contributed by atoms with E-state index >= 15 is 0 Å². The molecule has 0 amide bonds. The summed E-state index contributed by atoms with van der Waals surface area (Å²) in [7, 11) is -2.21. The molecular formula is C24H26N2O3S. The summed E-state index contributed by atoms with van der Waals surface area (Å²) >= 11 is 0. The topological polar surface area (TPSA) is 62.4 Å². The number of hydrogen-bond acceptors (Lipinski definition) is 3. The minimum atomic E-state index is -3.77. The average Bonchev–Trinajstić information content (AvgIpc) is 3.12. The third-order valence-electron chi connectivity index (χ3n) is 5.51. The normalized spacial score (nSPS) is 12.1. The van der Waals surface area contributed by atoms with Crippen LogP contribution in [0.15, 0.2) is 59.5 Å². The Balaban J connectivity index is 1.97. The zero-order chi connectivity index (χ0) is 21.6. The van der Waals surface area contributed by atoms with Crippen LogP contribution in [0.1, 0.15) is 25.0 Å². The van der Waals surface area contributed by atoms with Gasteiger partial charge in [-0.2, -0.15) is 0 Å².